The third kappa shape index (κ3) is 3.79. The molecule has 5 heteroatoms. The average molecular weight is 281 g/mol. The van der Waals surface area contributed by atoms with Crippen LogP contribution in [0, 0.1) is 5.92 Å². The van der Waals surface area contributed by atoms with Gasteiger partial charge in [0.1, 0.15) is 0 Å². The van der Waals surface area contributed by atoms with Crippen molar-refractivity contribution in [1.82, 2.24) is 15.1 Å². The second-order valence-electron chi connectivity index (χ2n) is 6.85. The monoisotopic (exact) mass is 281 g/mol. The molecule has 0 aromatic heterocycles. The van der Waals surface area contributed by atoms with E-state index in [1.54, 1.807) is 0 Å². The fourth-order valence-electron chi connectivity index (χ4n) is 2.99. The highest BCUT2D eigenvalue weighted by Crippen LogP contribution is 2.31. The van der Waals surface area contributed by atoms with Crippen molar-refractivity contribution in [2.75, 3.05) is 20.6 Å². The molecule has 0 bridgehead atoms. The highest BCUT2D eigenvalue weighted by atomic mass is 16.2. The van der Waals surface area contributed by atoms with Gasteiger partial charge in [0.05, 0.1) is 12.5 Å². The minimum atomic E-state index is -0.313. The Bertz CT molecular complexity index is 367. The highest BCUT2D eigenvalue weighted by Gasteiger charge is 2.46. The SMILES string of the molecule is CC(C)CC(CN(C)C)NC1CC(=O)N(C2CC2)C1=O. The Kier molecular flexibility index (Phi) is 4.81. The first-order valence-electron chi connectivity index (χ1n) is 7.65. The molecule has 2 fully saturated rings. The molecule has 114 valence electrons. The van der Waals surface area contributed by atoms with Gasteiger partial charge >= 0.3 is 0 Å². The number of hydrogen-bond donors (Lipinski definition) is 1. The van der Waals surface area contributed by atoms with Crippen LogP contribution in [0.25, 0.3) is 0 Å². The van der Waals surface area contributed by atoms with Crippen LogP contribution in [0.5, 0.6) is 0 Å². The predicted octanol–water partition coefficient (Wildman–Crippen LogP) is 0.842. The lowest BCUT2D eigenvalue weighted by atomic mass is 10.0. The van der Waals surface area contributed by atoms with E-state index in [0.717, 1.165) is 25.8 Å². The molecule has 1 heterocycles. The molecule has 2 atom stereocenters. The summed E-state index contributed by atoms with van der Waals surface area (Å²) in [6, 6.07) is 0.136. The number of nitrogens with one attached hydrogen (secondary N) is 1. The van der Waals surface area contributed by atoms with Gasteiger partial charge < -0.3 is 10.2 Å². The van der Waals surface area contributed by atoms with Crippen LogP contribution in [0.1, 0.15) is 39.5 Å². The fourth-order valence-corrected chi connectivity index (χ4v) is 2.99. The van der Waals surface area contributed by atoms with E-state index in [1.165, 1.54) is 4.90 Å². The van der Waals surface area contributed by atoms with Crippen molar-refractivity contribution in [1.29, 1.82) is 0 Å². The summed E-state index contributed by atoms with van der Waals surface area (Å²) in [6.45, 7) is 5.25. The average Bonchev–Trinajstić information content (AvgIpc) is 3.06. The molecule has 2 aliphatic rings. The Morgan fingerprint density at radius 3 is 2.45 bits per heavy atom. The van der Waals surface area contributed by atoms with Gasteiger partial charge in [0.25, 0.3) is 0 Å². The molecule has 2 rings (SSSR count). The van der Waals surface area contributed by atoms with E-state index in [9.17, 15) is 9.59 Å². The molecule has 1 aliphatic carbocycles. The van der Waals surface area contributed by atoms with Gasteiger partial charge in [0, 0.05) is 18.6 Å². The van der Waals surface area contributed by atoms with E-state index in [-0.39, 0.29) is 29.9 Å². The molecule has 5 nitrogen and oxygen atoms in total. The smallest absolute Gasteiger partial charge is 0.247 e. The van der Waals surface area contributed by atoms with Crippen LogP contribution in [0.3, 0.4) is 0 Å². The van der Waals surface area contributed by atoms with Crippen molar-refractivity contribution in [3.63, 3.8) is 0 Å². The summed E-state index contributed by atoms with van der Waals surface area (Å²) >= 11 is 0. The zero-order chi connectivity index (χ0) is 14.9. The first kappa shape index (κ1) is 15.4. The Labute approximate surface area is 121 Å². The number of carbonyl (C=O) groups is 2. The first-order valence-corrected chi connectivity index (χ1v) is 7.65. The lowest BCUT2D eigenvalue weighted by Crippen LogP contribution is -2.48. The normalized spacial score (nSPS) is 25.1. The van der Waals surface area contributed by atoms with Crippen molar-refractivity contribution in [2.45, 2.75) is 57.7 Å². The summed E-state index contributed by atoms with van der Waals surface area (Å²) in [5.41, 5.74) is 0. The second kappa shape index (κ2) is 6.22. The molecule has 2 amide bonds. The first-order chi connectivity index (χ1) is 9.38. The maximum absolute atomic E-state index is 12.3. The van der Waals surface area contributed by atoms with Gasteiger partial charge in [-0.05, 0) is 39.3 Å². The van der Waals surface area contributed by atoms with Gasteiger partial charge in [-0.15, -0.1) is 0 Å². The van der Waals surface area contributed by atoms with Crippen LogP contribution in [-0.4, -0.2) is 60.4 Å². The summed E-state index contributed by atoms with van der Waals surface area (Å²) < 4.78 is 0. The van der Waals surface area contributed by atoms with Crippen LogP contribution in [0.4, 0.5) is 0 Å². The summed E-state index contributed by atoms with van der Waals surface area (Å²) in [5.74, 6) is 0.562. The molecule has 0 aromatic carbocycles. The maximum atomic E-state index is 12.3. The number of hydrogen-bond acceptors (Lipinski definition) is 4. The van der Waals surface area contributed by atoms with E-state index >= 15 is 0 Å². The molecule has 1 aliphatic heterocycles. The standard InChI is InChI=1S/C15H27N3O2/c1-10(2)7-11(9-17(3)4)16-13-8-14(19)18(15(13)20)12-5-6-12/h10-13,16H,5-9H2,1-4H3. The number of likely N-dealkylation sites (N-methyl/N-ethyl adjacent to an activating group) is 1. The number of nitrogens with zero attached hydrogens (tertiary/aromatic N) is 2. The molecular weight excluding hydrogens is 254 g/mol. The number of carbonyl (C=O) groups excluding carboxylic acids is 2. The number of imide groups is 1. The van der Waals surface area contributed by atoms with Crippen LogP contribution >= 0.6 is 0 Å². The summed E-state index contributed by atoms with van der Waals surface area (Å²) in [4.78, 5) is 27.9. The summed E-state index contributed by atoms with van der Waals surface area (Å²) in [6.07, 6.45) is 3.31. The summed E-state index contributed by atoms with van der Waals surface area (Å²) in [5, 5.41) is 3.42. The topological polar surface area (TPSA) is 52.7 Å². The van der Waals surface area contributed by atoms with E-state index in [1.807, 2.05) is 14.1 Å². The van der Waals surface area contributed by atoms with Crippen LogP contribution < -0.4 is 5.32 Å². The Hall–Kier alpha value is -0.940. The zero-order valence-corrected chi connectivity index (χ0v) is 13.1. The summed E-state index contributed by atoms with van der Waals surface area (Å²) in [7, 11) is 4.07. The fraction of sp³-hybridized carbons (Fsp3) is 0.867. The quantitative estimate of drug-likeness (QED) is 0.703. The number of rotatable bonds is 7. The largest absolute Gasteiger partial charge is 0.308 e. The van der Waals surface area contributed by atoms with Gasteiger partial charge in [-0.2, -0.15) is 0 Å². The van der Waals surface area contributed by atoms with E-state index < -0.39 is 0 Å². The van der Waals surface area contributed by atoms with Gasteiger partial charge in [-0.25, -0.2) is 0 Å². The van der Waals surface area contributed by atoms with E-state index in [4.69, 9.17) is 0 Å². The molecule has 1 N–H and O–H groups in total. The molecule has 1 saturated heterocycles. The van der Waals surface area contributed by atoms with E-state index in [0.29, 0.717) is 12.3 Å². The highest BCUT2D eigenvalue weighted by molar-refractivity contribution is 6.06. The van der Waals surface area contributed by atoms with Crippen molar-refractivity contribution in [3.8, 4) is 0 Å². The van der Waals surface area contributed by atoms with Crippen molar-refractivity contribution >= 4 is 11.8 Å². The lowest BCUT2D eigenvalue weighted by Gasteiger charge is -2.26. The van der Waals surface area contributed by atoms with E-state index in [2.05, 4.69) is 24.1 Å². The van der Waals surface area contributed by atoms with Gasteiger partial charge in [-0.3, -0.25) is 14.5 Å². The van der Waals surface area contributed by atoms with Crippen molar-refractivity contribution in [2.24, 2.45) is 5.92 Å². The van der Waals surface area contributed by atoms with Crippen LogP contribution in [-0.2, 0) is 9.59 Å². The molecule has 2 unspecified atom stereocenters. The minimum Gasteiger partial charge on any atom is -0.308 e. The minimum absolute atomic E-state index is 0.00292. The Balaban J connectivity index is 1.95. The Morgan fingerprint density at radius 2 is 1.95 bits per heavy atom. The van der Waals surface area contributed by atoms with Crippen LogP contribution in [0.2, 0.25) is 0 Å². The van der Waals surface area contributed by atoms with Gasteiger partial charge in [0.2, 0.25) is 11.8 Å². The molecule has 0 radical (unpaired) electrons. The second-order valence-corrected chi connectivity index (χ2v) is 6.85. The lowest BCUT2D eigenvalue weighted by molar-refractivity contribution is -0.139. The van der Waals surface area contributed by atoms with Crippen molar-refractivity contribution < 1.29 is 9.59 Å². The predicted molar refractivity (Wildman–Crippen MR) is 78.2 cm³/mol. The molecule has 0 spiro atoms. The molecule has 1 saturated carbocycles. The van der Waals surface area contributed by atoms with Gasteiger partial charge in [-0.1, -0.05) is 13.8 Å². The molecular formula is C15H27N3O2. The van der Waals surface area contributed by atoms with Crippen molar-refractivity contribution in [3.05, 3.63) is 0 Å². The maximum Gasteiger partial charge on any atom is 0.247 e. The number of amides is 2. The third-order valence-corrected chi connectivity index (χ3v) is 3.87. The molecule has 0 aromatic rings. The van der Waals surface area contributed by atoms with Gasteiger partial charge in [0.15, 0.2) is 0 Å². The third-order valence-electron chi connectivity index (χ3n) is 3.87. The van der Waals surface area contributed by atoms with Crippen LogP contribution in [0.15, 0.2) is 0 Å². The zero-order valence-electron chi connectivity index (χ0n) is 13.1. The molecule has 20 heavy (non-hydrogen) atoms. The number of likely N-dealkylation sites (tertiary alicyclic amines) is 1. The Morgan fingerprint density at radius 1 is 1.30 bits per heavy atom.